The van der Waals surface area contributed by atoms with E-state index in [9.17, 15) is 9.59 Å². The third kappa shape index (κ3) is 3.70. The monoisotopic (exact) mass is 406 g/mol. The van der Waals surface area contributed by atoms with E-state index in [0.717, 1.165) is 31.7 Å². The zero-order valence-corrected chi connectivity index (χ0v) is 17.6. The van der Waals surface area contributed by atoms with Crippen LogP contribution in [-0.4, -0.2) is 59.5 Å². The van der Waals surface area contributed by atoms with Gasteiger partial charge >= 0.3 is 0 Å². The lowest BCUT2D eigenvalue weighted by Gasteiger charge is -2.47. The van der Waals surface area contributed by atoms with E-state index in [0.29, 0.717) is 29.1 Å². The zero-order chi connectivity index (χ0) is 20.7. The first-order chi connectivity index (χ1) is 14.6. The number of anilines is 1. The molecule has 0 saturated carbocycles. The summed E-state index contributed by atoms with van der Waals surface area (Å²) in [7, 11) is 2.21. The van der Waals surface area contributed by atoms with Crippen molar-refractivity contribution in [3.8, 4) is 0 Å². The highest BCUT2D eigenvalue weighted by Gasteiger charge is 2.37. The molecule has 2 fully saturated rings. The van der Waals surface area contributed by atoms with Gasteiger partial charge in [0, 0.05) is 42.9 Å². The van der Waals surface area contributed by atoms with Gasteiger partial charge in [0.1, 0.15) is 5.69 Å². The molecule has 4 heterocycles. The normalized spacial score (nSPS) is 25.0. The number of aromatic nitrogens is 1. The summed E-state index contributed by atoms with van der Waals surface area (Å²) in [6.07, 6.45) is 3.65. The molecule has 5 rings (SSSR count). The van der Waals surface area contributed by atoms with Crippen LogP contribution in [0.25, 0.3) is 0 Å². The van der Waals surface area contributed by atoms with Crippen LogP contribution in [0.5, 0.6) is 0 Å². The Morgan fingerprint density at radius 2 is 1.77 bits per heavy atom. The molecule has 0 unspecified atom stereocenters. The van der Waals surface area contributed by atoms with E-state index in [1.54, 1.807) is 18.2 Å². The molecule has 0 aliphatic carbocycles. The maximum atomic E-state index is 13.2. The minimum absolute atomic E-state index is 0.0702. The molecule has 6 heteroatoms. The highest BCUT2D eigenvalue weighted by molar-refractivity contribution is 6.04. The number of nitrogens with zero attached hydrogens (tertiary/aromatic N) is 3. The fourth-order valence-corrected chi connectivity index (χ4v) is 5.52. The fraction of sp³-hybridized carbons (Fsp3) is 0.500. The van der Waals surface area contributed by atoms with Gasteiger partial charge in [-0.25, -0.2) is 0 Å². The molecular formula is C24H30N4O2. The molecule has 30 heavy (non-hydrogen) atoms. The maximum Gasteiger partial charge on any atom is 0.274 e. The molecule has 1 aromatic heterocycles. The van der Waals surface area contributed by atoms with Crippen LogP contribution in [0.1, 0.15) is 41.2 Å². The number of amides is 1. The van der Waals surface area contributed by atoms with Gasteiger partial charge in [-0.15, -0.1) is 0 Å². The van der Waals surface area contributed by atoms with Crippen molar-refractivity contribution in [2.45, 2.75) is 37.8 Å². The van der Waals surface area contributed by atoms with Crippen LogP contribution in [0.3, 0.4) is 0 Å². The number of pyridine rings is 1. The summed E-state index contributed by atoms with van der Waals surface area (Å²) >= 11 is 0. The second-order valence-electron chi connectivity index (χ2n) is 9.19. The number of nitrogens with one attached hydrogen (secondary N) is 1. The topological polar surface area (TPSA) is 57.6 Å². The van der Waals surface area contributed by atoms with E-state index < -0.39 is 0 Å². The van der Waals surface area contributed by atoms with E-state index in [2.05, 4.69) is 28.2 Å². The van der Waals surface area contributed by atoms with Crippen molar-refractivity contribution in [3.05, 3.63) is 64.1 Å². The number of hydrogen-bond acceptors (Lipinski definition) is 4. The summed E-state index contributed by atoms with van der Waals surface area (Å²) in [5.74, 6) is 0.676. The lowest BCUT2D eigenvalue weighted by molar-refractivity contribution is 0.0517. The van der Waals surface area contributed by atoms with Gasteiger partial charge < -0.3 is 14.8 Å². The van der Waals surface area contributed by atoms with Gasteiger partial charge in [0.2, 0.25) is 0 Å². The molecular weight excluding hydrogens is 376 g/mol. The summed E-state index contributed by atoms with van der Waals surface area (Å²) in [4.78, 5) is 30.8. The van der Waals surface area contributed by atoms with Gasteiger partial charge in [-0.2, -0.15) is 0 Å². The molecule has 3 aliphatic heterocycles. The molecule has 3 aliphatic rings. The number of likely N-dealkylation sites (tertiary alicyclic amines) is 2. The van der Waals surface area contributed by atoms with E-state index in [1.807, 2.05) is 22.8 Å². The van der Waals surface area contributed by atoms with E-state index in [-0.39, 0.29) is 11.5 Å². The van der Waals surface area contributed by atoms with E-state index in [4.69, 9.17) is 0 Å². The fourth-order valence-electron chi connectivity index (χ4n) is 5.52. The Morgan fingerprint density at radius 1 is 1.00 bits per heavy atom. The third-order valence-corrected chi connectivity index (χ3v) is 7.12. The molecule has 1 amide bonds. The van der Waals surface area contributed by atoms with Crippen LogP contribution in [0.15, 0.2) is 47.3 Å². The number of fused-ring (bicyclic) bond motifs is 4. The average Bonchev–Trinajstić information content (AvgIpc) is 2.77. The van der Waals surface area contributed by atoms with Gasteiger partial charge in [-0.3, -0.25) is 14.5 Å². The molecule has 2 bridgehead atoms. The van der Waals surface area contributed by atoms with Crippen molar-refractivity contribution in [2.75, 3.05) is 38.5 Å². The second-order valence-corrected chi connectivity index (χ2v) is 9.19. The Labute approximate surface area is 177 Å². The molecule has 2 aromatic rings. The van der Waals surface area contributed by atoms with Gasteiger partial charge in [0.25, 0.3) is 11.5 Å². The van der Waals surface area contributed by atoms with Gasteiger partial charge in [0.15, 0.2) is 0 Å². The minimum Gasteiger partial charge on any atom is -0.317 e. The van der Waals surface area contributed by atoms with Crippen LogP contribution < -0.4 is 10.9 Å². The summed E-state index contributed by atoms with van der Waals surface area (Å²) < 4.78 is 1.92. The largest absolute Gasteiger partial charge is 0.317 e. The van der Waals surface area contributed by atoms with Crippen molar-refractivity contribution >= 4 is 11.6 Å². The maximum absolute atomic E-state index is 13.2. The number of piperidine rings is 2. The van der Waals surface area contributed by atoms with E-state index >= 15 is 0 Å². The van der Waals surface area contributed by atoms with Crippen LogP contribution in [0.4, 0.5) is 5.69 Å². The molecule has 158 valence electrons. The van der Waals surface area contributed by atoms with Crippen LogP contribution >= 0.6 is 0 Å². The van der Waals surface area contributed by atoms with Crippen LogP contribution in [-0.2, 0) is 6.54 Å². The molecule has 1 N–H and O–H groups in total. The smallest absolute Gasteiger partial charge is 0.274 e. The van der Waals surface area contributed by atoms with Crippen LogP contribution in [0.2, 0.25) is 0 Å². The Morgan fingerprint density at radius 3 is 2.53 bits per heavy atom. The summed E-state index contributed by atoms with van der Waals surface area (Å²) in [5, 5.41) is 2.82. The Bertz CT molecular complexity index is 978. The lowest BCUT2D eigenvalue weighted by Crippen LogP contribution is -2.53. The van der Waals surface area contributed by atoms with Crippen molar-refractivity contribution < 1.29 is 4.79 Å². The van der Waals surface area contributed by atoms with E-state index in [1.165, 1.54) is 25.9 Å². The zero-order valence-electron chi connectivity index (χ0n) is 17.6. The van der Waals surface area contributed by atoms with Gasteiger partial charge in [-0.1, -0.05) is 18.2 Å². The first kappa shape index (κ1) is 19.5. The Hall–Kier alpha value is -2.44. The van der Waals surface area contributed by atoms with Crippen molar-refractivity contribution in [1.29, 1.82) is 0 Å². The second kappa shape index (κ2) is 8.00. The van der Waals surface area contributed by atoms with Crippen molar-refractivity contribution in [3.63, 3.8) is 0 Å². The predicted molar refractivity (Wildman–Crippen MR) is 118 cm³/mol. The summed E-state index contributed by atoms with van der Waals surface area (Å²) in [5.41, 5.74) is 2.00. The highest BCUT2D eigenvalue weighted by atomic mass is 16.2. The SMILES string of the molecule is CN1CCC(N2C[C@@H]3C[C@H](C2)c2ccc(NC(=O)c4ccccc4)c(=O)n2C3)CC1. The van der Waals surface area contributed by atoms with Crippen molar-refractivity contribution in [1.82, 2.24) is 14.4 Å². The average molecular weight is 407 g/mol. The van der Waals surface area contributed by atoms with Crippen LogP contribution in [0, 0.1) is 5.92 Å². The van der Waals surface area contributed by atoms with Crippen molar-refractivity contribution in [2.24, 2.45) is 5.92 Å². The first-order valence-corrected chi connectivity index (χ1v) is 11.1. The summed E-state index contributed by atoms with van der Waals surface area (Å²) in [6.45, 7) is 5.23. The van der Waals surface area contributed by atoms with Gasteiger partial charge in [-0.05, 0) is 69.6 Å². The molecule has 1 aromatic carbocycles. The minimum atomic E-state index is -0.238. The quantitative estimate of drug-likeness (QED) is 0.851. The molecule has 0 spiro atoms. The molecule has 2 atom stereocenters. The van der Waals surface area contributed by atoms with Gasteiger partial charge in [0.05, 0.1) is 0 Å². The lowest BCUT2D eigenvalue weighted by atomic mass is 9.82. The molecule has 2 saturated heterocycles. The Kier molecular flexibility index (Phi) is 5.21. The number of carbonyl (C=O) groups is 1. The molecule has 6 nitrogen and oxygen atoms in total. The highest BCUT2D eigenvalue weighted by Crippen LogP contribution is 2.37. The number of benzene rings is 1. The Balaban J connectivity index is 1.35. The first-order valence-electron chi connectivity index (χ1n) is 11.1. The summed E-state index contributed by atoms with van der Waals surface area (Å²) in [6, 6.07) is 13.6. The number of hydrogen-bond donors (Lipinski definition) is 1. The third-order valence-electron chi connectivity index (χ3n) is 7.12. The number of carbonyl (C=O) groups excluding carboxylic acids is 1. The predicted octanol–water partition coefficient (Wildman–Crippen LogP) is 2.61. The number of rotatable bonds is 3. The standard InChI is InChI=1S/C24H30N4O2/c1-26-11-9-20(10-12-26)27-14-17-13-19(16-27)22-8-7-21(24(30)28(22)15-17)25-23(29)18-5-3-2-4-6-18/h2-8,17,19-20H,9-16H2,1H3,(H,25,29)/t17-,19+/m0/s1. The molecule has 0 radical (unpaired) electrons.